The normalized spacial score (nSPS) is 17.2. The fraction of sp³-hybridized carbons (Fsp3) is 0.462. The Hall–Kier alpha value is -3.22. The summed E-state index contributed by atoms with van der Waals surface area (Å²) in [4.78, 5) is 42.2. The maximum absolute atomic E-state index is 12.4. The SMILES string of the molecule is C[C@H](c1ccc2ccc(/C=C/C3(C(=O)O)CCC(=O)CC3)cc2n1)N(C)C(=O)OC(C)(C)C. The lowest BCUT2D eigenvalue weighted by Gasteiger charge is -2.29. The highest BCUT2D eigenvalue weighted by Crippen LogP contribution is 2.37. The van der Waals surface area contributed by atoms with Gasteiger partial charge in [-0.3, -0.25) is 14.6 Å². The molecule has 0 spiro atoms. The number of aromatic nitrogens is 1. The molecule has 33 heavy (non-hydrogen) atoms. The lowest BCUT2D eigenvalue weighted by atomic mass is 9.73. The van der Waals surface area contributed by atoms with Gasteiger partial charge in [-0.05, 0) is 58.2 Å². The molecule has 1 saturated carbocycles. The maximum Gasteiger partial charge on any atom is 0.410 e. The number of fused-ring (bicyclic) bond motifs is 1. The quantitative estimate of drug-likeness (QED) is 0.653. The average molecular weight is 453 g/mol. The third-order valence-corrected chi connectivity index (χ3v) is 6.15. The first-order valence-electron chi connectivity index (χ1n) is 11.2. The van der Waals surface area contributed by atoms with Gasteiger partial charge in [-0.1, -0.05) is 30.4 Å². The molecule has 3 rings (SSSR count). The number of carbonyl (C=O) groups excluding carboxylic acids is 2. The van der Waals surface area contributed by atoms with Gasteiger partial charge in [-0.15, -0.1) is 0 Å². The van der Waals surface area contributed by atoms with Gasteiger partial charge < -0.3 is 14.7 Å². The summed E-state index contributed by atoms with van der Waals surface area (Å²) in [5, 5.41) is 10.7. The van der Waals surface area contributed by atoms with Crippen molar-refractivity contribution in [1.29, 1.82) is 0 Å². The molecule has 1 atom stereocenters. The van der Waals surface area contributed by atoms with Crippen LogP contribution < -0.4 is 0 Å². The van der Waals surface area contributed by atoms with E-state index in [9.17, 15) is 19.5 Å². The second-order valence-electron chi connectivity index (χ2n) is 9.79. The third kappa shape index (κ3) is 5.78. The molecular weight excluding hydrogens is 420 g/mol. The van der Waals surface area contributed by atoms with Crippen LogP contribution in [0.2, 0.25) is 0 Å². The summed E-state index contributed by atoms with van der Waals surface area (Å²) in [5.74, 6) is -0.778. The molecule has 0 radical (unpaired) electrons. The van der Waals surface area contributed by atoms with Crippen LogP contribution in [0.5, 0.6) is 0 Å². The van der Waals surface area contributed by atoms with Crippen molar-refractivity contribution < 1.29 is 24.2 Å². The zero-order chi connectivity index (χ0) is 24.4. The predicted octanol–water partition coefficient (Wildman–Crippen LogP) is 5.39. The Morgan fingerprint density at radius 3 is 2.42 bits per heavy atom. The highest BCUT2D eigenvalue weighted by atomic mass is 16.6. The van der Waals surface area contributed by atoms with Crippen molar-refractivity contribution in [1.82, 2.24) is 9.88 Å². The molecule has 0 unspecified atom stereocenters. The van der Waals surface area contributed by atoms with E-state index in [1.807, 2.05) is 58.0 Å². The first-order chi connectivity index (χ1) is 15.4. The first-order valence-corrected chi connectivity index (χ1v) is 11.2. The number of Topliss-reactive ketones (excluding diaryl/α,β-unsaturated/α-hetero) is 1. The van der Waals surface area contributed by atoms with Gasteiger partial charge in [-0.2, -0.15) is 0 Å². The van der Waals surface area contributed by atoms with E-state index in [1.165, 1.54) is 4.90 Å². The van der Waals surface area contributed by atoms with E-state index < -0.39 is 23.1 Å². The summed E-state index contributed by atoms with van der Waals surface area (Å²) in [6.07, 6.45) is 4.33. The number of carbonyl (C=O) groups is 3. The van der Waals surface area contributed by atoms with Crippen LogP contribution in [0.3, 0.4) is 0 Å². The Balaban J connectivity index is 1.84. The molecule has 1 aromatic carbocycles. The standard InChI is InChI=1S/C26H32N2O5/c1-17(28(5)24(32)33-25(2,3)4)21-9-8-19-7-6-18(16-22(19)27-21)10-13-26(23(30)31)14-11-20(29)12-15-26/h6-10,13,16-17H,11-12,14-15H2,1-5H3,(H,30,31)/b13-10+/t17-/m1/s1. The largest absolute Gasteiger partial charge is 0.481 e. The van der Waals surface area contributed by atoms with Gasteiger partial charge in [0.1, 0.15) is 11.4 Å². The summed E-state index contributed by atoms with van der Waals surface area (Å²) in [6.45, 7) is 7.37. The number of carboxylic acid groups (broad SMARTS) is 1. The molecule has 1 amide bonds. The van der Waals surface area contributed by atoms with E-state index in [1.54, 1.807) is 19.2 Å². The zero-order valence-electron chi connectivity index (χ0n) is 19.9. The molecule has 0 aliphatic heterocycles. The number of aliphatic carboxylic acids is 1. The summed E-state index contributed by atoms with van der Waals surface area (Å²) in [5.41, 5.74) is 0.718. The molecule has 1 aromatic heterocycles. The van der Waals surface area contributed by atoms with Gasteiger partial charge in [0.2, 0.25) is 0 Å². The smallest absolute Gasteiger partial charge is 0.410 e. The van der Waals surface area contributed by atoms with Gasteiger partial charge in [-0.25, -0.2) is 4.79 Å². The van der Waals surface area contributed by atoms with Crippen LogP contribution in [0.25, 0.3) is 17.0 Å². The molecular formula is C26H32N2O5. The molecule has 0 saturated heterocycles. The topological polar surface area (TPSA) is 96.8 Å². The van der Waals surface area contributed by atoms with E-state index in [-0.39, 0.29) is 11.8 Å². The number of hydrogen-bond acceptors (Lipinski definition) is 5. The number of rotatable bonds is 5. The van der Waals surface area contributed by atoms with Crippen molar-refractivity contribution in [2.45, 2.75) is 65.0 Å². The van der Waals surface area contributed by atoms with Crippen LogP contribution in [-0.2, 0) is 14.3 Å². The van der Waals surface area contributed by atoms with E-state index in [2.05, 4.69) is 0 Å². The number of benzene rings is 1. The molecule has 7 nitrogen and oxygen atoms in total. The molecule has 1 fully saturated rings. The van der Waals surface area contributed by atoms with E-state index >= 15 is 0 Å². The van der Waals surface area contributed by atoms with E-state index in [4.69, 9.17) is 9.72 Å². The molecule has 1 aliphatic carbocycles. The molecule has 1 N–H and O–H groups in total. The van der Waals surface area contributed by atoms with E-state index in [0.717, 1.165) is 22.2 Å². The highest BCUT2D eigenvalue weighted by molar-refractivity contribution is 5.86. The van der Waals surface area contributed by atoms with Crippen LogP contribution >= 0.6 is 0 Å². The second-order valence-corrected chi connectivity index (χ2v) is 9.79. The van der Waals surface area contributed by atoms with Crippen LogP contribution in [0, 0.1) is 5.41 Å². The van der Waals surface area contributed by atoms with Crippen LogP contribution in [0.1, 0.15) is 70.7 Å². The number of hydrogen-bond donors (Lipinski definition) is 1. The number of ketones is 1. The minimum atomic E-state index is -1.01. The maximum atomic E-state index is 12.4. The first kappa shape index (κ1) is 24.4. The Morgan fingerprint density at radius 1 is 1.18 bits per heavy atom. The lowest BCUT2D eigenvalue weighted by Crippen LogP contribution is -2.36. The molecule has 176 valence electrons. The van der Waals surface area contributed by atoms with Gasteiger partial charge in [0.05, 0.1) is 22.7 Å². The molecule has 1 heterocycles. The summed E-state index contributed by atoms with van der Waals surface area (Å²) < 4.78 is 5.45. The minimum absolute atomic E-state index is 0.119. The molecule has 1 aliphatic rings. The Kier molecular flexibility index (Phi) is 6.91. The van der Waals surface area contributed by atoms with Crippen molar-refractivity contribution in [3.05, 3.63) is 47.7 Å². The van der Waals surface area contributed by atoms with Crippen LogP contribution in [-0.4, -0.2) is 45.5 Å². The molecule has 2 aromatic rings. The summed E-state index contributed by atoms with van der Waals surface area (Å²) in [6, 6.07) is 9.31. The van der Waals surface area contributed by atoms with E-state index in [0.29, 0.717) is 25.7 Å². The average Bonchev–Trinajstić information content (AvgIpc) is 2.76. The second kappa shape index (κ2) is 9.33. The van der Waals surface area contributed by atoms with Gasteiger partial charge in [0.15, 0.2) is 0 Å². The Labute approximate surface area is 194 Å². The van der Waals surface area contributed by atoms with Crippen molar-refractivity contribution in [2.24, 2.45) is 5.41 Å². The predicted molar refractivity (Wildman–Crippen MR) is 127 cm³/mol. The van der Waals surface area contributed by atoms with Crippen LogP contribution in [0.4, 0.5) is 4.79 Å². The molecule has 7 heteroatoms. The lowest BCUT2D eigenvalue weighted by molar-refractivity contribution is -0.148. The van der Waals surface area contributed by atoms with Gasteiger partial charge >= 0.3 is 12.1 Å². The minimum Gasteiger partial charge on any atom is -0.481 e. The Morgan fingerprint density at radius 2 is 1.82 bits per heavy atom. The number of amides is 1. The van der Waals surface area contributed by atoms with Crippen LogP contribution in [0.15, 0.2) is 36.4 Å². The summed E-state index contributed by atoms with van der Waals surface area (Å²) >= 11 is 0. The fourth-order valence-corrected chi connectivity index (χ4v) is 3.86. The highest BCUT2D eigenvalue weighted by Gasteiger charge is 2.39. The number of carboxylic acids is 1. The molecule has 0 bridgehead atoms. The monoisotopic (exact) mass is 452 g/mol. The zero-order valence-corrected chi connectivity index (χ0v) is 19.9. The van der Waals surface area contributed by atoms with Crippen molar-refractivity contribution in [3.8, 4) is 0 Å². The van der Waals surface area contributed by atoms with Crippen molar-refractivity contribution >= 4 is 34.8 Å². The van der Waals surface area contributed by atoms with Crippen molar-refractivity contribution in [2.75, 3.05) is 7.05 Å². The third-order valence-electron chi connectivity index (χ3n) is 6.15. The summed E-state index contributed by atoms with van der Waals surface area (Å²) in [7, 11) is 1.68. The number of ether oxygens (including phenoxy) is 1. The fourth-order valence-electron chi connectivity index (χ4n) is 3.86. The van der Waals surface area contributed by atoms with Gasteiger partial charge in [0.25, 0.3) is 0 Å². The number of pyridine rings is 1. The number of nitrogens with zero attached hydrogens (tertiary/aromatic N) is 2. The Bertz CT molecular complexity index is 1090. The van der Waals surface area contributed by atoms with Crippen molar-refractivity contribution in [3.63, 3.8) is 0 Å². The van der Waals surface area contributed by atoms with Gasteiger partial charge in [0, 0.05) is 25.3 Å².